The number of fused-ring (bicyclic) bond motifs is 3. The third kappa shape index (κ3) is 2.57. The predicted molar refractivity (Wildman–Crippen MR) is 87.7 cm³/mol. The molecule has 0 radical (unpaired) electrons. The Hall–Kier alpha value is -0.410. The maximum atomic E-state index is 6.52. The maximum Gasteiger partial charge on any atom is 0.162 e. The minimum Gasteiger partial charge on any atom is -0.490 e. The van der Waals surface area contributed by atoms with Crippen LogP contribution in [0.25, 0.3) is 0 Å². The number of halogens is 2. The highest BCUT2D eigenvalue weighted by atomic mass is 79.9. The van der Waals surface area contributed by atoms with Crippen molar-refractivity contribution in [2.75, 3.05) is 13.2 Å². The summed E-state index contributed by atoms with van der Waals surface area (Å²) >= 11 is 10.5. The van der Waals surface area contributed by atoms with Crippen molar-refractivity contribution >= 4 is 27.5 Å². The molecule has 0 aromatic heterocycles. The molecular formula is C17H20BrClO2. The summed E-state index contributed by atoms with van der Waals surface area (Å²) in [7, 11) is 0. The molecule has 1 heterocycles. The Kier molecular flexibility index (Phi) is 3.83. The highest BCUT2D eigenvalue weighted by Crippen LogP contribution is 2.56. The average Bonchev–Trinajstić information content (AvgIpc) is 3.04. The molecule has 2 nitrogen and oxygen atoms in total. The summed E-state index contributed by atoms with van der Waals surface area (Å²) in [5.74, 6) is 4.16. The molecule has 1 aromatic carbocycles. The number of hydrogen-bond acceptors (Lipinski definition) is 2. The number of benzene rings is 1. The van der Waals surface area contributed by atoms with E-state index in [-0.39, 0.29) is 0 Å². The van der Waals surface area contributed by atoms with Crippen molar-refractivity contribution in [1.82, 2.24) is 0 Å². The summed E-state index contributed by atoms with van der Waals surface area (Å²) in [5, 5.41) is 0.795. The molecule has 4 heteroatoms. The summed E-state index contributed by atoms with van der Waals surface area (Å²) < 4.78 is 11.5. The van der Waals surface area contributed by atoms with Gasteiger partial charge in [0.15, 0.2) is 11.5 Å². The lowest BCUT2D eigenvalue weighted by Gasteiger charge is -2.28. The van der Waals surface area contributed by atoms with Crippen molar-refractivity contribution in [1.29, 1.82) is 0 Å². The molecule has 1 aliphatic heterocycles. The molecule has 4 atom stereocenters. The Bertz CT molecular complexity index is 548. The first kappa shape index (κ1) is 14.2. The van der Waals surface area contributed by atoms with Gasteiger partial charge in [0.2, 0.25) is 0 Å². The quantitative estimate of drug-likeness (QED) is 0.650. The van der Waals surface area contributed by atoms with Crippen LogP contribution in [0.3, 0.4) is 0 Å². The van der Waals surface area contributed by atoms with E-state index in [0.717, 1.165) is 41.4 Å². The van der Waals surface area contributed by atoms with Gasteiger partial charge in [-0.15, -0.1) is 0 Å². The van der Waals surface area contributed by atoms with E-state index < -0.39 is 0 Å². The number of alkyl halides is 1. The molecular weight excluding hydrogens is 352 g/mol. The normalized spacial score (nSPS) is 32.0. The van der Waals surface area contributed by atoms with Crippen LogP contribution in [-0.4, -0.2) is 13.2 Å². The zero-order valence-electron chi connectivity index (χ0n) is 12.0. The Morgan fingerprint density at radius 1 is 1.10 bits per heavy atom. The van der Waals surface area contributed by atoms with Crippen LogP contribution in [0.4, 0.5) is 0 Å². The standard InChI is InChI=1S/C17H20BrClO2/c18-17(12-7-10-2-3-11(12)6-10)13-8-15-16(9-14(13)19)21-5-1-4-20-15/h8-12,17H,1-7H2. The van der Waals surface area contributed by atoms with Crippen LogP contribution < -0.4 is 9.47 Å². The number of hydrogen-bond donors (Lipinski definition) is 0. The van der Waals surface area contributed by atoms with Crippen LogP contribution in [0.1, 0.15) is 42.5 Å². The number of ether oxygens (including phenoxy) is 2. The molecule has 2 aliphatic carbocycles. The molecule has 0 spiro atoms. The van der Waals surface area contributed by atoms with Gasteiger partial charge in [0, 0.05) is 22.3 Å². The van der Waals surface area contributed by atoms with E-state index >= 15 is 0 Å². The van der Waals surface area contributed by atoms with Gasteiger partial charge in [-0.3, -0.25) is 0 Å². The maximum absolute atomic E-state index is 6.52. The second kappa shape index (κ2) is 5.66. The first-order valence-corrected chi connectivity index (χ1v) is 9.25. The van der Waals surface area contributed by atoms with Crippen LogP contribution in [-0.2, 0) is 0 Å². The van der Waals surface area contributed by atoms with E-state index in [1.165, 1.54) is 31.2 Å². The Labute approximate surface area is 139 Å². The van der Waals surface area contributed by atoms with Gasteiger partial charge >= 0.3 is 0 Å². The topological polar surface area (TPSA) is 18.5 Å². The first-order valence-electron chi connectivity index (χ1n) is 7.95. The summed E-state index contributed by atoms with van der Waals surface area (Å²) in [6.45, 7) is 1.42. The molecule has 4 unspecified atom stereocenters. The molecule has 1 aromatic rings. The molecule has 4 rings (SSSR count). The average molecular weight is 372 g/mol. The fourth-order valence-electron chi connectivity index (χ4n) is 4.29. The number of rotatable bonds is 2. The molecule has 0 N–H and O–H groups in total. The van der Waals surface area contributed by atoms with Crippen molar-refractivity contribution in [3.8, 4) is 11.5 Å². The smallest absolute Gasteiger partial charge is 0.162 e. The second-order valence-corrected chi connectivity index (χ2v) is 8.01. The largest absolute Gasteiger partial charge is 0.490 e. The minimum absolute atomic E-state index is 0.331. The van der Waals surface area contributed by atoms with E-state index in [2.05, 4.69) is 22.0 Å². The van der Waals surface area contributed by atoms with Crippen molar-refractivity contribution in [3.63, 3.8) is 0 Å². The van der Waals surface area contributed by atoms with E-state index in [4.69, 9.17) is 21.1 Å². The molecule has 114 valence electrons. The molecule has 0 saturated heterocycles. The minimum atomic E-state index is 0.331. The van der Waals surface area contributed by atoms with Gasteiger partial charge in [-0.05, 0) is 48.6 Å². The van der Waals surface area contributed by atoms with Crippen molar-refractivity contribution in [2.24, 2.45) is 17.8 Å². The van der Waals surface area contributed by atoms with Crippen LogP contribution in [0.2, 0.25) is 5.02 Å². The predicted octanol–water partition coefficient (Wildman–Crippen LogP) is 5.37. The van der Waals surface area contributed by atoms with Crippen LogP contribution in [0.5, 0.6) is 11.5 Å². The fraction of sp³-hybridized carbons (Fsp3) is 0.647. The first-order chi connectivity index (χ1) is 10.2. The summed E-state index contributed by atoms with van der Waals surface area (Å²) in [5.41, 5.74) is 1.17. The fourth-order valence-corrected chi connectivity index (χ4v) is 5.72. The van der Waals surface area contributed by atoms with Gasteiger partial charge in [0.25, 0.3) is 0 Å². The third-order valence-electron chi connectivity index (χ3n) is 5.33. The Balaban J connectivity index is 1.63. The lowest BCUT2D eigenvalue weighted by molar-refractivity contribution is 0.296. The van der Waals surface area contributed by atoms with E-state index in [1.807, 2.05) is 6.07 Å². The summed E-state index contributed by atoms with van der Waals surface area (Å²) in [6, 6.07) is 4.02. The third-order valence-corrected chi connectivity index (χ3v) is 6.83. The van der Waals surface area contributed by atoms with Gasteiger partial charge < -0.3 is 9.47 Å². The molecule has 3 aliphatic rings. The van der Waals surface area contributed by atoms with E-state index in [1.54, 1.807) is 0 Å². The monoisotopic (exact) mass is 370 g/mol. The van der Waals surface area contributed by atoms with Gasteiger partial charge in [0.1, 0.15) is 0 Å². The molecule has 0 amide bonds. The molecule has 21 heavy (non-hydrogen) atoms. The van der Waals surface area contributed by atoms with Crippen LogP contribution >= 0.6 is 27.5 Å². The van der Waals surface area contributed by atoms with E-state index in [9.17, 15) is 0 Å². The summed E-state index contributed by atoms with van der Waals surface area (Å²) in [4.78, 5) is 0.331. The van der Waals surface area contributed by atoms with Crippen molar-refractivity contribution in [2.45, 2.75) is 36.9 Å². The Morgan fingerprint density at radius 2 is 1.86 bits per heavy atom. The van der Waals surface area contributed by atoms with Crippen LogP contribution in [0, 0.1) is 17.8 Å². The lowest BCUT2D eigenvalue weighted by atomic mass is 9.84. The second-order valence-electron chi connectivity index (χ2n) is 6.61. The van der Waals surface area contributed by atoms with Crippen LogP contribution in [0.15, 0.2) is 12.1 Å². The Morgan fingerprint density at radius 3 is 2.52 bits per heavy atom. The highest BCUT2D eigenvalue weighted by Gasteiger charge is 2.43. The zero-order valence-corrected chi connectivity index (χ0v) is 14.3. The molecule has 2 fully saturated rings. The van der Waals surface area contributed by atoms with Crippen molar-refractivity contribution in [3.05, 3.63) is 22.7 Å². The van der Waals surface area contributed by atoms with Gasteiger partial charge in [-0.1, -0.05) is 34.0 Å². The van der Waals surface area contributed by atoms with Gasteiger partial charge in [-0.25, -0.2) is 0 Å². The zero-order chi connectivity index (χ0) is 14.4. The molecule has 2 bridgehead atoms. The van der Waals surface area contributed by atoms with E-state index in [0.29, 0.717) is 17.4 Å². The SMILES string of the molecule is Clc1cc2c(cc1C(Br)C1CC3CCC1C3)OCCCO2. The van der Waals surface area contributed by atoms with Crippen molar-refractivity contribution < 1.29 is 9.47 Å². The molecule has 2 saturated carbocycles. The summed E-state index contributed by atoms with van der Waals surface area (Å²) in [6.07, 6.45) is 6.49. The van der Waals surface area contributed by atoms with Gasteiger partial charge in [-0.2, -0.15) is 0 Å². The highest BCUT2D eigenvalue weighted by molar-refractivity contribution is 9.09. The lowest BCUT2D eigenvalue weighted by Crippen LogP contribution is -2.16. The van der Waals surface area contributed by atoms with Gasteiger partial charge in [0.05, 0.1) is 13.2 Å².